The fraction of sp³-hybridized carbons (Fsp3) is 0.333. The molecular weight excluding hydrogens is 286 g/mol. The number of nitrogen functional groups attached to an aromatic ring is 1. The Bertz CT molecular complexity index is 658. The lowest BCUT2D eigenvalue weighted by atomic mass is 10.1. The summed E-state index contributed by atoms with van der Waals surface area (Å²) in [5, 5.41) is 4.59. The molecule has 6 heteroatoms. The van der Waals surface area contributed by atoms with Gasteiger partial charge in [0, 0.05) is 17.6 Å². The average Bonchev–Trinajstić information content (AvgIpc) is 2.82. The first-order valence-electron chi connectivity index (χ1n) is 6.92. The third kappa shape index (κ3) is 3.95. The number of thiazole rings is 1. The van der Waals surface area contributed by atoms with Gasteiger partial charge in [-0.2, -0.15) is 0 Å². The van der Waals surface area contributed by atoms with Crippen LogP contribution in [0, 0.1) is 0 Å². The number of carbonyl (C=O) groups is 1. The van der Waals surface area contributed by atoms with Gasteiger partial charge >= 0.3 is 4.87 Å². The Kier molecular flexibility index (Phi) is 5.16. The van der Waals surface area contributed by atoms with Crippen molar-refractivity contribution in [3.8, 4) is 11.3 Å². The molecule has 2 aromatic rings. The Morgan fingerprint density at radius 3 is 2.71 bits per heavy atom. The van der Waals surface area contributed by atoms with Crippen molar-refractivity contribution in [2.24, 2.45) is 0 Å². The van der Waals surface area contributed by atoms with Crippen molar-refractivity contribution in [2.45, 2.75) is 26.3 Å². The van der Waals surface area contributed by atoms with Gasteiger partial charge in [-0.25, -0.2) is 0 Å². The highest BCUT2D eigenvalue weighted by Crippen LogP contribution is 2.21. The van der Waals surface area contributed by atoms with Crippen molar-refractivity contribution >= 4 is 22.9 Å². The minimum atomic E-state index is -0.138. The Morgan fingerprint density at radius 1 is 1.33 bits per heavy atom. The maximum absolute atomic E-state index is 11.9. The minimum absolute atomic E-state index is 0.0474. The van der Waals surface area contributed by atoms with Crippen molar-refractivity contribution in [1.29, 1.82) is 0 Å². The standard InChI is InChI=1S/C15H19N3O2S/c1-2-3-8-17-14(19)9-18-13(10-21-15(18)20)11-4-6-12(16)7-5-11/h4-7,10H,2-3,8-9,16H2,1H3,(H,17,19). The quantitative estimate of drug-likeness (QED) is 0.633. The van der Waals surface area contributed by atoms with Gasteiger partial charge < -0.3 is 11.1 Å². The Balaban J connectivity index is 2.17. The lowest BCUT2D eigenvalue weighted by Gasteiger charge is -2.08. The zero-order chi connectivity index (χ0) is 15.2. The molecule has 0 aliphatic carbocycles. The molecule has 2 rings (SSSR count). The minimum Gasteiger partial charge on any atom is -0.399 e. The summed E-state index contributed by atoms with van der Waals surface area (Å²) in [7, 11) is 0. The smallest absolute Gasteiger partial charge is 0.308 e. The normalized spacial score (nSPS) is 10.5. The van der Waals surface area contributed by atoms with Crippen LogP contribution in [0.2, 0.25) is 0 Å². The Labute approximate surface area is 127 Å². The fourth-order valence-electron chi connectivity index (χ4n) is 1.96. The van der Waals surface area contributed by atoms with E-state index in [9.17, 15) is 9.59 Å². The molecule has 1 heterocycles. The largest absolute Gasteiger partial charge is 0.399 e. The van der Waals surface area contributed by atoms with Gasteiger partial charge in [-0.1, -0.05) is 36.8 Å². The molecule has 0 atom stereocenters. The molecule has 21 heavy (non-hydrogen) atoms. The molecule has 0 saturated carbocycles. The van der Waals surface area contributed by atoms with Crippen LogP contribution in [-0.2, 0) is 11.3 Å². The summed E-state index contributed by atoms with van der Waals surface area (Å²) in [5.41, 5.74) is 7.96. The molecule has 1 aromatic carbocycles. The number of nitrogens with one attached hydrogen (secondary N) is 1. The summed E-state index contributed by atoms with van der Waals surface area (Å²) in [4.78, 5) is 23.7. The van der Waals surface area contributed by atoms with E-state index < -0.39 is 0 Å². The van der Waals surface area contributed by atoms with Crippen molar-refractivity contribution in [3.63, 3.8) is 0 Å². The van der Waals surface area contributed by atoms with E-state index in [1.54, 1.807) is 17.5 Å². The van der Waals surface area contributed by atoms with Gasteiger partial charge in [-0.3, -0.25) is 14.2 Å². The number of aromatic nitrogens is 1. The maximum atomic E-state index is 11.9. The van der Waals surface area contributed by atoms with Crippen molar-refractivity contribution < 1.29 is 4.79 Å². The van der Waals surface area contributed by atoms with Gasteiger partial charge in [0.2, 0.25) is 5.91 Å². The van der Waals surface area contributed by atoms with Crippen LogP contribution in [0.4, 0.5) is 5.69 Å². The van der Waals surface area contributed by atoms with Gasteiger partial charge in [0.05, 0.1) is 5.69 Å². The molecule has 1 amide bonds. The van der Waals surface area contributed by atoms with Crippen LogP contribution >= 0.6 is 11.3 Å². The number of carbonyl (C=O) groups excluding carboxylic acids is 1. The molecule has 0 radical (unpaired) electrons. The number of nitrogens with two attached hydrogens (primary N) is 1. The molecule has 0 aliphatic rings. The number of anilines is 1. The summed E-state index contributed by atoms with van der Waals surface area (Å²) in [5.74, 6) is -0.138. The van der Waals surface area contributed by atoms with E-state index in [1.165, 1.54) is 4.57 Å². The highest BCUT2D eigenvalue weighted by molar-refractivity contribution is 7.07. The van der Waals surface area contributed by atoms with Gasteiger partial charge in [0.25, 0.3) is 0 Å². The predicted octanol–water partition coefficient (Wildman–Crippen LogP) is 2.08. The number of amides is 1. The number of rotatable bonds is 6. The molecular formula is C15H19N3O2S. The SMILES string of the molecule is CCCCNC(=O)Cn1c(-c2ccc(N)cc2)csc1=O. The molecule has 0 spiro atoms. The van der Waals surface area contributed by atoms with E-state index in [1.807, 2.05) is 12.1 Å². The number of nitrogens with zero attached hydrogens (tertiary/aromatic N) is 1. The van der Waals surface area contributed by atoms with Crippen molar-refractivity contribution in [3.05, 3.63) is 39.3 Å². The van der Waals surface area contributed by atoms with Crippen LogP contribution in [-0.4, -0.2) is 17.0 Å². The van der Waals surface area contributed by atoms with Gasteiger partial charge in [-0.05, 0) is 24.1 Å². The first-order chi connectivity index (χ1) is 10.1. The number of hydrogen-bond acceptors (Lipinski definition) is 4. The van der Waals surface area contributed by atoms with E-state index >= 15 is 0 Å². The second-order valence-corrected chi connectivity index (χ2v) is 5.62. The Hall–Kier alpha value is -2.08. The van der Waals surface area contributed by atoms with Crippen LogP contribution in [0.15, 0.2) is 34.4 Å². The van der Waals surface area contributed by atoms with Crippen LogP contribution in [0.3, 0.4) is 0 Å². The third-order valence-electron chi connectivity index (χ3n) is 3.14. The molecule has 0 saturated heterocycles. The molecule has 0 fully saturated rings. The van der Waals surface area contributed by atoms with Crippen LogP contribution in [0.1, 0.15) is 19.8 Å². The predicted molar refractivity (Wildman–Crippen MR) is 86.3 cm³/mol. The van der Waals surface area contributed by atoms with E-state index in [0.717, 1.165) is 35.4 Å². The molecule has 3 N–H and O–H groups in total. The number of benzene rings is 1. The zero-order valence-electron chi connectivity index (χ0n) is 12.0. The van der Waals surface area contributed by atoms with Gasteiger partial charge in [0.15, 0.2) is 0 Å². The molecule has 112 valence electrons. The topological polar surface area (TPSA) is 77.1 Å². The first-order valence-corrected chi connectivity index (χ1v) is 7.80. The summed E-state index contributed by atoms with van der Waals surface area (Å²) in [6.07, 6.45) is 1.96. The van der Waals surface area contributed by atoms with Crippen molar-refractivity contribution in [2.75, 3.05) is 12.3 Å². The second kappa shape index (κ2) is 7.08. The molecule has 5 nitrogen and oxygen atoms in total. The van der Waals surface area contributed by atoms with E-state index in [2.05, 4.69) is 12.2 Å². The number of hydrogen-bond donors (Lipinski definition) is 2. The first kappa shape index (κ1) is 15.3. The van der Waals surface area contributed by atoms with Gasteiger partial charge in [-0.15, -0.1) is 0 Å². The monoisotopic (exact) mass is 305 g/mol. The molecule has 0 aliphatic heterocycles. The van der Waals surface area contributed by atoms with Crippen molar-refractivity contribution in [1.82, 2.24) is 9.88 Å². The lowest BCUT2D eigenvalue weighted by molar-refractivity contribution is -0.121. The second-order valence-electron chi connectivity index (χ2n) is 4.80. The summed E-state index contributed by atoms with van der Waals surface area (Å²) >= 11 is 1.10. The summed E-state index contributed by atoms with van der Waals surface area (Å²) in [6, 6.07) is 7.26. The number of unbranched alkanes of at least 4 members (excludes halogenated alkanes) is 1. The molecule has 1 aromatic heterocycles. The van der Waals surface area contributed by atoms with Crippen LogP contribution < -0.4 is 15.9 Å². The van der Waals surface area contributed by atoms with Gasteiger partial charge in [0.1, 0.15) is 6.54 Å². The maximum Gasteiger partial charge on any atom is 0.308 e. The lowest BCUT2D eigenvalue weighted by Crippen LogP contribution is -2.31. The van der Waals surface area contributed by atoms with E-state index in [-0.39, 0.29) is 17.3 Å². The third-order valence-corrected chi connectivity index (χ3v) is 3.91. The van der Waals surface area contributed by atoms with Crippen LogP contribution in [0.5, 0.6) is 0 Å². The van der Waals surface area contributed by atoms with Crippen LogP contribution in [0.25, 0.3) is 11.3 Å². The fourth-order valence-corrected chi connectivity index (χ4v) is 2.73. The summed E-state index contributed by atoms with van der Waals surface area (Å²) in [6.45, 7) is 2.76. The highest BCUT2D eigenvalue weighted by Gasteiger charge is 2.12. The summed E-state index contributed by atoms with van der Waals surface area (Å²) < 4.78 is 1.50. The molecule has 0 unspecified atom stereocenters. The van der Waals surface area contributed by atoms with E-state index in [0.29, 0.717) is 12.2 Å². The molecule has 0 bridgehead atoms. The average molecular weight is 305 g/mol. The Morgan fingerprint density at radius 2 is 2.05 bits per heavy atom. The zero-order valence-corrected chi connectivity index (χ0v) is 12.8. The highest BCUT2D eigenvalue weighted by atomic mass is 32.1. The van der Waals surface area contributed by atoms with E-state index in [4.69, 9.17) is 5.73 Å².